The van der Waals surface area contributed by atoms with Crippen LogP contribution in [0.3, 0.4) is 0 Å². The summed E-state index contributed by atoms with van der Waals surface area (Å²) in [5.74, 6) is -0.890. The molecule has 6 heteroatoms. The van der Waals surface area contributed by atoms with Gasteiger partial charge >= 0.3 is 0 Å². The lowest BCUT2D eigenvalue weighted by molar-refractivity contribution is 0.111. The van der Waals surface area contributed by atoms with E-state index in [1.165, 1.54) is 0 Å². The Bertz CT molecular complexity index is 357. The van der Waals surface area contributed by atoms with Crippen molar-refractivity contribution >= 4 is 22.2 Å². The fourth-order valence-electron chi connectivity index (χ4n) is 0.934. The number of nitrogens with zero attached hydrogens (tertiary/aromatic N) is 1. The van der Waals surface area contributed by atoms with Crippen molar-refractivity contribution in [3.63, 3.8) is 0 Å². The number of carbonyl (C=O) groups is 1. The van der Waals surface area contributed by atoms with Gasteiger partial charge in [0, 0.05) is 5.33 Å². The van der Waals surface area contributed by atoms with E-state index in [-0.39, 0.29) is 17.2 Å². The Morgan fingerprint density at radius 1 is 1.57 bits per heavy atom. The zero-order valence-corrected chi connectivity index (χ0v) is 8.39. The van der Waals surface area contributed by atoms with Crippen LogP contribution >= 0.6 is 15.9 Å². The molecule has 0 spiro atoms. The maximum Gasteiger partial charge on any atom is 0.280 e. The van der Waals surface area contributed by atoms with Gasteiger partial charge in [0.15, 0.2) is 12.1 Å². The highest BCUT2D eigenvalue weighted by Crippen LogP contribution is 2.24. The van der Waals surface area contributed by atoms with Gasteiger partial charge < -0.3 is 0 Å². The first-order valence-electron chi connectivity index (χ1n) is 3.58. The van der Waals surface area contributed by atoms with Crippen molar-refractivity contribution in [3.8, 4) is 0 Å². The standard InChI is InChI=1S/C8H5BrF3NO/c9-2-4-1-5(10)6(3-14)13-7(4)8(11)12/h1,3,8H,2H2. The summed E-state index contributed by atoms with van der Waals surface area (Å²) >= 11 is 2.93. The Hall–Kier alpha value is -0.910. The molecule has 0 saturated heterocycles. The van der Waals surface area contributed by atoms with Crippen molar-refractivity contribution in [2.24, 2.45) is 0 Å². The van der Waals surface area contributed by atoms with Crippen LogP contribution in [0.2, 0.25) is 0 Å². The second-order valence-corrected chi connectivity index (χ2v) is 3.01. The molecule has 0 amide bonds. The van der Waals surface area contributed by atoms with Crippen LogP contribution in [0.4, 0.5) is 13.2 Å². The number of alkyl halides is 3. The molecular weight excluding hydrogens is 263 g/mol. The highest BCUT2D eigenvalue weighted by molar-refractivity contribution is 9.08. The summed E-state index contributed by atoms with van der Waals surface area (Å²) in [6.45, 7) is 0. The zero-order valence-electron chi connectivity index (χ0n) is 6.81. The Balaban J connectivity index is 3.32. The maximum atomic E-state index is 12.9. The van der Waals surface area contributed by atoms with E-state index in [0.717, 1.165) is 6.07 Å². The van der Waals surface area contributed by atoms with Crippen LogP contribution in [0.25, 0.3) is 0 Å². The van der Waals surface area contributed by atoms with Gasteiger partial charge in [-0.25, -0.2) is 18.2 Å². The minimum absolute atomic E-state index is 0.0445. The molecule has 1 aromatic heterocycles. The summed E-state index contributed by atoms with van der Waals surface area (Å²) in [7, 11) is 0. The number of pyridine rings is 1. The van der Waals surface area contributed by atoms with Crippen LogP contribution < -0.4 is 0 Å². The molecule has 0 N–H and O–H groups in total. The fraction of sp³-hybridized carbons (Fsp3) is 0.250. The third kappa shape index (κ3) is 2.12. The van der Waals surface area contributed by atoms with Gasteiger partial charge in [-0.2, -0.15) is 0 Å². The van der Waals surface area contributed by atoms with E-state index in [9.17, 15) is 18.0 Å². The first-order valence-corrected chi connectivity index (χ1v) is 4.71. The second-order valence-electron chi connectivity index (χ2n) is 2.45. The average molecular weight is 268 g/mol. The molecule has 1 heterocycles. The maximum absolute atomic E-state index is 12.9. The average Bonchev–Trinajstić information content (AvgIpc) is 2.16. The number of aromatic nitrogens is 1. The third-order valence-electron chi connectivity index (χ3n) is 1.58. The van der Waals surface area contributed by atoms with Crippen LogP contribution in [-0.2, 0) is 5.33 Å². The second kappa shape index (κ2) is 4.54. The molecule has 0 aliphatic rings. The zero-order chi connectivity index (χ0) is 10.7. The molecule has 0 radical (unpaired) electrons. The van der Waals surface area contributed by atoms with E-state index >= 15 is 0 Å². The first-order chi connectivity index (χ1) is 6.60. The SMILES string of the molecule is O=Cc1nc(C(F)F)c(CBr)cc1F. The van der Waals surface area contributed by atoms with Gasteiger partial charge in [0.25, 0.3) is 6.43 Å². The van der Waals surface area contributed by atoms with Gasteiger partial charge in [0.05, 0.1) is 0 Å². The van der Waals surface area contributed by atoms with Crippen molar-refractivity contribution in [2.75, 3.05) is 0 Å². The van der Waals surface area contributed by atoms with Crippen LogP contribution in [0.15, 0.2) is 6.07 Å². The van der Waals surface area contributed by atoms with E-state index in [1.807, 2.05) is 0 Å². The lowest BCUT2D eigenvalue weighted by Gasteiger charge is -2.06. The fourth-order valence-corrected chi connectivity index (χ4v) is 1.38. The van der Waals surface area contributed by atoms with Gasteiger partial charge in [0.2, 0.25) is 0 Å². The Morgan fingerprint density at radius 2 is 2.21 bits per heavy atom. The minimum Gasteiger partial charge on any atom is -0.296 e. The summed E-state index contributed by atoms with van der Waals surface area (Å²) in [6, 6.07) is 0.882. The van der Waals surface area contributed by atoms with E-state index in [4.69, 9.17) is 0 Å². The minimum atomic E-state index is -2.82. The van der Waals surface area contributed by atoms with Crippen LogP contribution in [0.5, 0.6) is 0 Å². The van der Waals surface area contributed by atoms with E-state index < -0.39 is 23.6 Å². The molecule has 1 rings (SSSR count). The van der Waals surface area contributed by atoms with Gasteiger partial charge in [0.1, 0.15) is 11.4 Å². The molecule has 0 unspecified atom stereocenters. The van der Waals surface area contributed by atoms with Crippen molar-refractivity contribution < 1.29 is 18.0 Å². The quantitative estimate of drug-likeness (QED) is 0.623. The summed E-state index contributed by atoms with van der Waals surface area (Å²) in [5, 5.41) is 0.0652. The van der Waals surface area contributed by atoms with Gasteiger partial charge in [-0.05, 0) is 11.6 Å². The summed E-state index contributed by atoms with van der Waals surface area (Å²) in [5.41, 5.74) is -1.11. The lowest BCUT2D eigenvalue weighted by atomic mass is 10.2. The number of hydrogen-bond donors (Lipinski definition) is 0. The molecule has 0 aliphatic carbocycles. The van der Waals surface area contributed by atoms with Gasteiger partial charge in [-0.1, -0.05) is 15.9 Å². The smallest absolute Gasteiger partial charge is 0.280 e. The van der Waals surface area contributed by atoms with Crippen molar-refractivity contribution in [3.05, 3.63) is 28.8 Å². The Kier molecular flexibility index (Phi) is 3.62. The highest BCUT2D eigenvalue weighted by Gasteiger charge is 2.17. The van der Waals surface area contributed by atoms with Gasteiger partial charge in [-0.3, -0.25) is 4.79 Å². The molecule has 0 fully saturated rings. The summed E-state index contributed by atoms with van der Waals surface area (Å²) < 4.78 is 37.6. The monoisotopic (exact) mass is 267 g/mol. The van der Waals surface area contributed by atoms with Crippen molar-refractivity contribution in [2.45, 2.75) is 11.8 Å². The number of aldehydes is 1. The summed E-state index contributed by atoms with van der Waals surface area (Å²) in [6.07, 6.45) is -2.71. The highest BCUT2D eigenvalue weighted by atomic mass is 79.9. The predicted octanol–water partition coefficient (Wildman–Crippen LogP) is 2.87. The topological polar surface area (TPSA) is 30.0 Å². The lowest BCUT2D eigenvalue weighted by Crippen LogP contribution is -2.03. The van der Waals surface area contributed by atoms with E-state index in [0.29, 0.717) is 0 Å². The number of hydrogen-bond acceptors (Lipinski definition) is 2. The van der Waals surface area contributed by atoms with Crippen LogP contribution in [0, 0.1) is 5.82 Å². The van der Waals surface area contributed by atoms with Crippen LogP contribution in [0.1, 0.15) is 28.2 Å². The molecule has 14 heavy (non-hydrogen) atoms. The molecule has 0 saturated carbocycles. The van der Waals surface area contributed by atoms with Crippen molar-refractivity contribution in [1.82, 2.24) is 4.98 Å². The largest absolute Gasteiger partial charge is 0.296 e. The Labute approximate surface area is 86.3 Å². The number of carbonyl (C=O) groups excluding carboxylic acids is 1. The molecule has 76 valence electrons. The molecule has 0 aromatic carbocycles. The molecule has 1 aromatic rings. The molecule has 0 aliphatic heterocycles. The number of halogens is 4. The van der Waals surface area contributed by atoms with Crippen LogP contribution in [-0.4, -0.2) is 11.3 Å². The van der Waals surface area contributed by atoms with E-state index in [1.54, 1.807) is 0 Å². The van der Waals surface area contributed by atoms with E-state index in [2.05, 4.69) is 20.9 Å². The predicted molar refractivity (Wildman–Crippen MR) is 47.2 cm³/mol. The molecule has 2 nitrogen and oxygen atoms in total. The number of rotatable bonds is 3. The normalized spacial score (nSPS) is 10.6. The molecule has 0 bridgehead atoms. The first kappa shape index (κ1) is 11.2. The van der Waals surface area contributed by atoms with Gasteiger partial charge in [-0.15, -0.1) is 0 Å². The van der Waals surface area contributed by atoms with Crippen molar-refractivity contribution in [1.29, 1.82) is 0 Å². The summed E-state index contributed by atoms with van der Waals surface area (Å²) in [4.78, 5) is 13.5. The molecule has 0 atom stereocenters. The molecular formula is C8H5BrF3NO. The Morgan fingerprint density at radius 3 is 2.64 bits per heavy atom. The third-order valence-corrected chi connectivity index (χ3v) is 2.18.